The molecular formula is C17H35N3. The van der Waals surface area contributed by atoms with Crippen molar-refractivity contribution in [3.8, 4) is 0 Å². The Morgan fingerprint density at radius 2 is 2.00 bits per heavy atom. The molecule has 1 aliphatic heterocycles. The quantitative estimate of drug-likeness (QED) is 0.738. The second kappa shape index (κ2) is 8.35. The zero-order valence-electron chi connectivity index (χ0n) is 13.9. The van der Waals surface area contributed by atoms with Crippen LogP contribution in [-0.2, 0) is 0 Å². The largest absolute Gasteiger partial charge is 0.314 e. The molecule has 0 aromatic rings. The van der Waals surface area contributed by atoms with Gasteiger partial charge in [-0.05, 0) is 78.2 Å². The Morgan fingerprint density at radius 1 is 1.15 bits per heavy atom. The van der Waals surface area contributed by atoms with Crippen LogP contribution < -0.4 is 5.32 Å². The molecule has 1 N–H and O–H groups in total. The Labute approximate surface area is 126 Å². The minimum absolute atomic E-state index is 0.810. The van der Waals surface area contributed by atoms with Gasteiger partial charge in [-0.15, -0.1) is 0 Å². The lowest BCUT2D eigenvalue weighted by atomic mass is 9.99. The van der Waals surface area contributed by atoms with Crippen molar-refractivity contribution in [1.82, 2.24) is 15.1 Å². The van der Waals surface area contributed by atoms with Crippen LogP contribution in [-0.4, -0.2) is 62.2 Å². The van der Waals surface area contributed by atoms with Crippen LogP contribution in [0.4, 0.5) is 0 Å². The lowest BCUT2D eigenvalue weighted by molar-refractivity contribution is 0.191. The summed E-state index contributed by atoms with van der Waals surface area (Å²) in [6, 6.07) is 1.62. The topological polar surface area (TPSA) is 18.5 Å². The van der Waals surface area contributed by atoms with Crippen molar-refractivity contribution >= 4 is 0 Å². The summed E-state index contributed by atoms with van der Waals surface area (Å²) in [6.45, 7) is 7.37. The first-order valence-electron chi connectivity index (χ1n) is 8.83. The number of nitrogens with zero attached hydrogens (tertiary/aromatic N) is 2. The number of nitrogens with one attached hydrogen (secondary N) is 1. The van der Waals surface area contributed by atoms with Gasteiger partial charge in [-0.2, -0.15) is 0 Å². The van der Waals surface area contributed by atoms with Crippen LogP contribution in [0.2, 0.25) is 0 Å². The van der Waals surface area contributed by atoms with E-state index in [0.717, 1.165) is 18.0 Å². The lowest BCUT2D eigenvalue weighted by Crippen LogP contribution is -2.40. The molecule has 20 heavy (non-hydrogen) atoms. The monoisotopic (exact) mass is 281 g/mol. The molecule has 1 heterocycles. The molecule has 0 aromatic heterocycles. The van der Waals surface area contributed by atoms with Crippen molar-refractivity contribution in [3.63, 3.8) is 0 Å². The third kappa shape index (κ3) is 4.71. The Kier molecular flexibility index (Phi) is 6.79. The fourth-order valence-corrected chi connectivity index (χ4v) is 4.13. The first kappa shape index (κ1) is 16.3. The highest BCUT2D eigenvalue weighted by atomic mass is 15.2. The molecule has 0 amide bonds. The molecule has 3 heteroatoms. The highest BCUT2D eigenvalue weighted by molar-refractivity contribution is 4.86. The molecule has 2 aliphatic rings. The van der Waals surface area contributed by atoms with E-state index in [1.807, 2.05) is 0 Å². The summed E-state index contributed by atoms with van der Waals surface area (Å²) in [7, 11) is 4.41. The van der Waals surface area contributed by atoms with E-state index in [2.05, 4.69) is 36.1 Å². The van der Waals surface area contributed by atoms with Gasteiger partial charge in [0.25, 0.3) is 0 Å². The van der Waals surface area contributed by atoms with E-state index >= 15 is 0 Å². The van der Waals surface area contributed by atoms with E-state index in [4.69, 9.17) is 0 Å². The second-order valence-corrected chi connectivity index (χ2v) is 7.13. The van der Waals surface area contributed by atoms with Crippen molar-refractivity contribution in [3.05, 3.63) is 0 Å². The van der Waals surface area contributed by atoms with Crippen molar-refractivity contribution in [2.24, 2.45) is 5.92 Å². The first-order valence-corrected chi connectivity index (χ1v) is 8.83. The molecule has 3 unspecified atom stereocenters. The van der Waals surface area contributed by atoms with Gasteiger partial charge in [-0.25, -0.2) is 0 Å². The third-order valence-electron chi connectivity index (χ3n) is 5.18. The average Bonchev–Trinajstić information content (AvgIpc) is 3.02. The molecule has 1 saturated heterocycles. The summed E-state index contributed by atoms with van der Waals surface area (Å²) in [5.41, 5.74) is 0. The summed E-state index contributed by atoms with van der Waals surface area (Å²) in [4.78, 5) is 5.11. The minimum Gasteiger partial charge on any atom is -0.314 e. The maximum absolute atomic E-state index is 3.77. The van der Waals surface area contributed by atoms with Gasteiger partial charge < -0.3 is 10.2 Å². The number of hydrogen-bond donors (Lipinski definition) is 1. The van der Waals surface area contributed by atoms with E-state index in [0.29, 0.717) is 0 Å². The molecule has 2 rings (SSSR count). The summed E-state index contributed by atoms with van der Waals surface area (Å²) in [5, 5.41) is 3.77. The molecule has 118 valence electrons. The summed E-state index contributed by atoms with van der Waals surface area (Å²) >= 11 is 0. The summed E-state index contributed by atoms with van der Waals surface area (Å²) < 4.78 is 0. The molecule has 3 nitrogen and oxygen atoms in total. The number of likely N-dealkylation sites (N-methyl/N-ethyl adjacent to an activating group) is 1. The Balaban J connectivity index is 1.73. The van der Waals surface area contributed by atoms with Crippen LogP contribution in [0.1, 0.15) is 51.9 Å². The van der Waals surface area contributed by atoms with E-state index in [1.165, 1.54) is 71.1 Å². The lowest BCUT2D eigenvalue weighted by Gasteiger charge is -2.29. The van der Waals surface area contributed by atoms with Crippen LogP contribution in [0.5, 0.6) is 0 Å². The van der Waals surface area contributed by atoms with Crippen molar-refractivity contribution in [2.45, 2.75) is 64.0 Å². The van der Waals surface area contributed by atoms with Gasteiger partial charge >= 0.3 is 0 Å². The van der Waals surface area contributed by atoms with E-state index in [1.54, 1.807) is 0 Å². The smallest absolute Gasteiger partial charge is 0.0223 e. The molecule has 0 radical (unpaired) electrons. The van der Waals surface area contributed by atoms with Crippen LogP contribution >= 0.6 is 0 Å². The molecule has 0 spiro atoms. The van der Waals surface area contributed by atoms with Gasteiger partial charge in [0.05, 0.1) is 0 Å². The summed E-state index contributed by atoms with van der Waals surface area (Å²) in [5.74, 6) is 0.933. The standard InChI is InChI=1S/C17H35N3/c1-4-11-18-17-9-5-7-15(17)10-13-20-12-6-8-16(20)14-19(2)3/h15-18H,4-14H2,1-3H3. The van der Waals surface area contributed by atoms with Crippen molar-refractivity contribution in [2.75, 3.05) is 40.3 Å². The number of rotatable bonds is 8. The molecule has 1 aliphatic carbocycles. The molecule has 0 bridgehead atoms. The molecule has 1 saturated carbocycles. The fraction of sp³-hybridized carbons (Fsp3) is 1.00. The van der Waals surface area contributed by atoms with E-state index in [-0.39, 0.29) is 0 Å². The second-order valence-electron chi connectivity index (χ2n) is 7.13. The summed E-state index contributed by atoms with van der Waals surface area (Å²) in [6.07, 6.45) is 9.78. The van der Waals surface area contributed by atoms with Crippen LogP contribution in [0, 0.1) is 5.92 Å². The first-order chi connectivity index (χ1) is 9.70. The van der Waals surface area contributed by atoms with E-state index < -0.39 is 0 Å². The SMILES string of the molecule is CCCNC1CCCC1CCN1CCCC1CN(C)C. The van der Waals surface area contributed by atoms with Crippen LogP contribution in [0.3, 0.4) is 0 Å². The van der Waals surface area contributed by atoms with Gasteiger partial charge in [0, 0.05) is 18.6 Å². The van der Waals surface area contributed by atoms with Crippen molar-refractivity contribution < 1.29 is 0 Å². The predicted molar refractivity (Wildman–Crippen MR) is 87.2 cm³/mol. The van der Waals surface area contributed by atoms with Crippen molar-refractivity contribution in [1.29, 1.82) is 0 Å². The van der Waals surface area contributed by atoms with Gasteiger partial charge in [0.1, 0.15) is 0 Å². The maximum atomic E-state index is 3.77. The molecule has 3 atom stereocenters. The number of likely N-dealkylation sites (tertiary alicyclic amines) is 1. The van der Waals surface area contributed by atoms with Crippen LogP contribution in [0.15, 0.2) is 0 Å². The molecular weight excluding hydrogens is 246 g/mol. The normalized spacial score (nSPS) is 31.5. The van der Waals surface area contributed by atoms with E-state index in [9.17, 15) is 0 Å². The van der Waals surface area contributed by atoms with Gasteiger partial charge in [-0.1, -0.05) is 13.3 Å². The molecule has 0 aromatic carbocycles. The zero-order valence-corrected chi connectivity index (χ0v) is 13.9. The third-order valence-corrected chi connectivity index (χ3v) is 5.18. The Hall–Kier alpha value is -0.120. The highest BCUT2D eigenvalue weighted by Crippen LogP contribution is 2.29. The zero-order chi connectivity index (χ0) is 14.4. The number of hydrogen-bond acceptors (Lipinski definition) is 3. The molecule has 2 fully saturated rings. The average molecular weight is 281 g/mol. The van der Waals surface area contributed by atoms with Gasteiger partial charge in [0.2, 0.25) is 0 Å². The van der Waals surface area contributed by atoms with Gasteiger partial charge in [0.15, 0.2) is 0 Å². The van der Waals surface area contributed by atoms with Crippen LogP contribution in [0.25, 0.3) is 0 Å². The Morgan fingerprint density at radius 3 is 2.75 bits per heavy atom. The Bertz CT molecular complexity index is 267. The minimum atomic E-state index is 0.810. The maximum Gasteiger partial charge on any atom is 0.0223 e. The fourth-order valence-electron chi connectivity index (χ4n) is 4.13. The van der Waals surface area contributed by atoms with Gasteiger partial charge in [-0.3, -0.25) is 4.90 Å². The highest BCUT2D eigenvalue weighted by Gasteiger charge is 2.29. The predicted octanol–water partition coefficient (Wildman–Crippen LogP) is 2.57.